The summed E-state index contributed by atoms with van der Waals surface area (Å²) in [5, 5.41) is 2.32. The van der Waals surface area contributed by atoms with Gasteiger partial charge in [-0.25, -0.2) is 0 Å². The topological polar surface area (TPSA) is 62.3 Å². The van der Waals surface area contributed by atoms with Gasteiger partial charge in [0.25, 0.3) is 11.8 Å². The molecular weight excluding hydrogens is 383 g/mol. The maximum atomic E-state index is 12.8. The first-order valence-corrected chi connectivity index (χ1v) is 8.57. The minimum absolute atomic E-state index is 0.0289. The Bertz CT molecular complexity index is 880. The average Bonchev–Trinajstić information content (AvgIpc) is 3.16. The van der Waals surface area contributed by atoms with Crippen LogP contribution in [0.25, 0.3) is 0 Å². The molecule has 27 heavy (non-hydrogen) atoms. The molecule has 0 spiro atoms. The molecule has 2 amide bonds. The first-order chi connectivity index (χ1) is 12.8. The summed E-state index contributed by atoms with van der Waals surface area (Å²) in [6.45, 7) is 1.27. The van der Waals surface area contributed by atoms with Gasteiger partial charge in [-0.15, -0.1) is 0 Å². The minimum Gasteiger partial charge on any atom is -0.337 e. The molecule has 142 valence electrons. The van der Waals surface area contributed by atoms with Crippen molar-refractivity contribution in [1.29, 1.82) is 0 Å². The highest BCUT2D eigenvalue weighted by molar-refractivity contribution is 6.34. The molecule has 0 aliphatic carbocycles. The summed E-state index contributed by atoms with van der Waals surface area (Å²) in [6, 6.07) is 5.35. The molecule has 1 aliphatic heterocycles. The van der Waals surface area contributed by atoms with Crippen LogP contribution >= 0.6 is 11.6 Å². The number of hydrogen-bond acceptors (Lipinski definition) is 3. The zero-order valence-electron chi connectivity index (χ0n) is 14.0. The average molecular weight is 398 g/mol. The molecule has 2 heterocycles. The van der Waals surface area contributed by atoms with Gasteiger partial charge in [0.05, 0.1) is 16.3 Å². The zero-order valence-corrected chi connectivity index (χ0v) is 14.8. The van der Waals surface area contributed by atoms with E-state index >= 15 is 0 Å². The molecule has 3 rings (SSSR count). The Morgan fingerprint density at radius 3 is 2.48 bits per heavy atom. The zero-order chi connectivity index (χ0) is 19.6. The van der Waals surface area contributed by atoms with E-state index in [0.29, 0.717) is 13.1 Å². The van der Waals surface area contributed by atoms with Crippen LogP contribution in [0.5, 0.6) is 0 Å². The lowest BCUT2D eigenvalue weighted by atomic mass is 10.1. The number of hydrogen-bond donors (Lipinski definition) is 1. The van der Waals surface area contributed by atoms with Crippen molar-refractivity contribution >= 4 is 29.1 Å². The van der Waals surface area contributed by atoms with E-state index in [-0.39, 0.29) is 27.9 Å². The summed E-state index contributed by atoms with van der Waals surface area (Å²) in [5.41, 5.74) is -0.886. The van der Waals surface area contributed by atoms with Gasteiger partial charge in [0, 0.05) is 24.8 Å². The summed E-state index contributed by atoms with van der Waals surface area (Å²) >= 11 is 5.89. The number of carbonyl (C=O) groups excluding carboxylic acids is 2. The summed E-state index contributed by atoms with van der Waals surface area (Å²) in [7, 11) is 0. The van der Waals surface area contributed by atoms with Gasteiger partial charge in [-0.3, -0.25) is 14.6 Å². The fraction of sp³-hybridized carbons (Fsp3) is 0.278. The largest absolute Gasteiger partial charge is 0.416 e. The molecule has 0 atom stereocenters. The fourth-order valence-electron chi connectivity index (χ4n) is 2.76. The molecule has 1 N–H and O–H groups in total. The normalized spacial score (nSPS) is 14.3. The fourth-order valence-corrected chi connectivity index (χ4v) is 2.93. The molecule has 9 heteroatoms. The summed E-state index contributed by atoms with van der Waals surface area (Å²) in [5.74, 6) is -0.964. The lowest BCUT2D eigenvalue weighted by Crippen LogP contribution is -2.28. The Morgan fingerprint density at radius 1 is 1.11 bits per heavy atom. The molecule has 1 aromatic carbocycles. The van der Waals surface area contributed by atoms with Gasteiger partial charge >= 0.3 is 6.18 Å². The highest BCUT2D eigenvalue weighted by atomic mass is 35.5. The van der Waals surface area contributed by atoms with Crippen molar-refractivity contribution in [2.24, 2.45) is 0 Å². The van der Waals surface area contributed by atoms with Crippen LogP contribution in [0.4, 0.5) is 18.9 Å². The number of nitrogens with one attached hydrogen (secondary N) is 1. The number of amides is 2. The number of halogens is 4. The standard InChI is InChI=1S/C18H15ClF3N3O2/c19-13-4-3-12(18(20,21)22)10-14(13)24-16(26)11-5-6-23-15(9-11)17(27)25-7-1-2-8-25/h3-6,9-10H,1-2,7-8H2,(H,24,26). The molecule has 0 bridgehead atoms. The van der Waals surface area contributed by atoms with Gasteiger partial charge < -0.3 is 10.2 Å². The Morgan fingerprint density at radius 2 is 1.81 bits per heavy atom. The van der Waals surface area contributed by atoms with E-state index in [1.807, 2.05) is 0 Å². The molecule has 1 aliphatic rings. The van der Waals surface area contributed by atoms with Crippen LogP contribution in [0.2, 0.25) is 5.02 Å². The predicted octanol–water partition coefficient (Wildman–Crippen LogP) is 4.24. The van der Waals surface area contributed by atoms with Crippen molar-refractivity contribution in [2.75, 3.05) is 18.4 Å². The lowest BCUT2D eigenvalue weighted by molar-refractivity contribution is -0.137. The van der Waals surface area contributed by atoms with Crippen LogP contribution in [-0.4, -0.2) is 34.8 Å². The second-order valence-corrected chi connectivity index (χ2v) is 6.48. The number of aromatic nitrogens is 1. The van der Waals surface area contributed by atoms with Crippen LogP contribution in [0.15, 0.2) is 36.5 Å². The van der Waals surface area contributed by atoms with Gasteiger partial charge in [0.2, 0.25) is 0 Å². The highest BCUT2D eigenvalue weighted by Crippen LogP contribution is 2.34. The van der Waals surface area contributed by atoms with Crippen molar-refractivity contribution < 1.29 is 22.8 Å². The van der Waals surface area contributed by atoms with E-state index in [9.17, 15) is 22.8 Å². The van der Waals surface area contributed by atoms with E-state index in [1.54, 1.807) is 4.90 Å². The SMILES string of the molecule is O=C(Nc1cc(C(F)(F)F)ccc1Cl)c1ccnc(C(=O)N2CCCC2)c1. The number of likely N-dealkylation sites (tertiary alicyclic amines) is 1. The van der Waals surface area contributed by atoms with Crippen molar-refractivity contribution in [2.45, 2.75) is 19.0 Å². The molecule has 2 aromatic rings. The van der Waals surface area contributed by atoms with Crippen LogP contribution < -0.4 is 5.32 Å². The summed E-state index contributed by atoms with van der Waals surface area (Å²) < 4.78 is 38.5. The quantitative estimate of drug-likeness (QED) is 0.842. The Labute approximate surface area is 158 Å². The highest BCUT2D eigenvalue weighted by Gasteiger charge is 2.31. The van der Waals surface area contributed by atoms with Gasteiger partial charge in [-0.2, -0.15) is 13.2 Å². The molecule has 1 fully saturated rings. The van der Waals surface area contributed by atoms with E-state index in [0.717, 1.165) is 31.0 Å². The molecule has 1 aromatic heterocycles. The number of rotatable bonds is 3. The van der Waals surface area contributed by atoms with Crippen molar-refractivity contribution in [3.05, 3.63) is 58.4 Å². The third-order valence-electron chi connectivity index (χ3n) is 4.18. The second-order valence-electron chi connectivity index (χ2n) is 6.08. The molecule has 0 unspecified atom stereocenters. The maximum absolute atomic E-state index is 12.8. The lowest BCUT2D eigenvalue weighted by Gasteiger charge is -2.15. The number of nitrogens with zero attached hydrogens (tertiary/aromatic N) is 2. The van der Waals surface area contributed by atoms with Crippen molar-refractivity contribution in [3.63, 3.8) is 0 Å². The number of benzene rings is 1. The van der Waals surface area contributed by atoms with E-state index in [2.05, 4.69) is 10.3 Å². The second kappa shape index (κ2) is 7.56. The summed E-state index contributed by atoms with van der Waals surface area (Å²) in [4.78, 5) is 30.4. The number of alkyl halides is 3. The summed E-state index contributed by atoms with van der Waals surface area (Å²) in [6.07, 6.45) is -1.41. The van der Waals surface area contributed by atoms with Crippen LogP contribution in [0, 0.1) is 0 Å². The maximum Gasteiger partial charge on any atom is 0.416 e. The monoisotopic (exact) mass is 397 g/mol. The Hall–Kier alpha value is -2.61. The van der Waals surface area contributed by atoms with E-state index in [1.165, 1.54) is 18.3 Å². The smallest absolute Gasteiger partial charge is 0.337 e. The first-order valence-electron chi connectivity index (χ1n) is 8.19. The van der Waals surface area contributed by atoms with Gasteiger partial charge in [-0.1, -0.05) is 11.6 Å². The Kier molecular flexibility index (Phi) is 5.36. The van der Waals surface area contributed by atoms with Gasteiger partial charge in [0.1, 0.15) is 5.69 Å². The molecule has 1 saturated heterocycles. The first kappa shape index (κ1) is 19.2. The van der Waals surface area contributed by atoms with E-state index < -0.39 is 17.6 Å². The number of pyridine rings is 1. The third-order valence-corrected chi connectivity index (χ3v) is 4.51. The molecule has 0 saturated carbocycles. The molecular formula is C18H15ClF3N3O2. The number of anilines is 1. The molecule has 5 nitrogen and oxygen atoms in total. The predicted molar refractivity (Wildman–Crippen MR) is 93.8 cm³/mol. The van der Waals surface area contributed by atoms with Crippen LogP contribution in [-0.2, 0) is 6.18 Å². The van der Waals surface area contributed by atoms with Crippen LogP contribution in [0.3, 0.4) is 0 Å². The van der Waals surface area contributed by atoms with Crippen LogP contribution in [0.1, 0.15) is 39.3 Å². The van der Waals surface area contributed by atoms with Crippen molar-refractivity contribution in [1.82, 2.24) is 9.88 Å². The number of carbonyl (C=O) groups is 2. The minimum atomic E-state index is -4.56. The third kappa shape index (κ3) is 4.39. The Balaban J connectivity index is 1.81. The van der Waals surface area contributed by atoms with Gasteiger partial charge in [0.15, 0.2) is 0 Å². The van der Waals surface area contributed by atoms with Crippen molar-refractivity contribution in [3.8, 4) is 0 Å². The molecule has 0 radical (unpaired) electrons. The van der Waals surface area contributed by atoms with Gasteiger partial charge in [-0.05, 0) is 43.2 Å². The van der Waals surface area contributed by atoms with E-state index in [4.69, 9.17) is 11.6 Å².